The maximum atomic E-state index is 13.1. The summed E-state index contributed by atoms with van der Waals surface area (Å²) in [6, 6.07) is 7.93. The fourth-order valence-corrected chi connectivity index (χ4v) is 4.66. The fraction of sp³-hybridized carbons (Fsp3) is 0.667. The molecule has 1 atom stereocenters. The van der Waals surface area contributed by atoms with Crippen LogP contribution in [0.2, 0.25) is 0 Å². The van der Waals surface area contributed by atoms with Crippen LogP contribution in [0.3, 0.4) is 0 Å². The Morgan fingerprint density at radius 2 is 1.90 bits per heavy atom. The second kappa shape index (κ2) is 9.07. The molecule has 3 aliphatic rings. The van der Waals surface area contributed by atoms with Gasteiger partial charge in [-0.15, -0.1) is 0 Å². The molecule has 2 bridgehead atoms. The Balaban J connectivity index is 1.54. The summed E-state index contributed by atoms with van der Waals surface area (Å²) in [5.41, 5.74) is -0.0689. The van der Waals surface area contributed by atoms with Crippen molar-refractivity contribution in [2.45, 2.75) is 83.5 Å². The van der Waals surface area contributed by atoms with Crippen molar-refractivity contribution < 1.29 is 19.1 Å². The Kier molecular flexibility index (Phi) is 6.84. The third kappa shape index (κ3) is 5.70. The predicted molar refractivity (Wildman–Crippen MR) is 120 cm³/mol. The zero-order valence-corrected chi connectivity index (χ0v) is 19.5. The van der Waals surface area contributed by atoms with E-state index in [0.29, 0.717) is 25.7 Å². The number of carbonyl (C=O) groups excluding carboxylic acids is 2. The maximum absolute atomic E-state index is 13.1. The van der Waals surface area contributed by atoms with E-state index >= 15 is 0 Å². The highest BCUT2D eigenvalue weighted by Crippen LogP contribution is 2.67. The molecule has 1 aromatic rings. The second-order valence-corrected chi connectivity index (χ2v) is 10.1. The van der Waals surface area contributed by atoms with Crippen LogP contribution in [0, 0.1) is 5.41 Å². The molecule has 0 aliphatic heterocycles. The van der Waals surface area contributed by atoms with E-state index in [0.717, 1.165) is 30.7 Å². The van der Waals surface area contributed by atoms with Crippen molar-refractivity contribution in [1.29, 1.82) is 0 Å². The molecule has 172 valence electrons. The van der Waals surface area contributed by atoms with Crippen molar-refractivity contribution in [1.82, 2.24) is 16.0 Å². The van der Waals surface area contributed by atoms with E-state index in [9.17, 15) is 9.59 Å². The summed E-state index contributed by atoms with van der Waals surface area (Å²) < 4.78 is 10.7. The van der Waals surface area contributed by atoms with E-state index in [1.807, 2.05) is 45.0 Å². The first kappa shape index (κ1) is 23.4. The van der Waals surface area contributed by atoms with Crippen molar-refractivity contribution in [2.75, 3.05) is 13.7 Å². The molecule has 2 amide bonds. The van der Waals surface area contributed by atoms with Crippen molar-refractivity contribution >= 4 is 12.0 Å². The van der Waals surface area contributed by atoms with Gasteiger partial charge in [-0.05, 0) is 70.7 Å². The Bertz CT molecular complexity index is 782. The molecular weight excluding hydrogens is 394 g/mol. The van der Waals surface area contributed by atoms with Gasteiger partial charge in [0.25, 0.3) is 0 Å². The molecular formula is C24H37N3O4. The van der Waals surface area contributed by atoms with Crippen LogP contribution in [0.5, 0.6) is 5.75 Å². The lowest BCUT2D eigenvalue weighted by Crippen LogP contribution is -2.79. The average Bonchev–Trinajstić information content (AvgIpc) is 2.62. The van der Waals surface area contributed by atoms with Crippen molar-refractivity contribution in [3.8, 4) is 5.75 Å². The summed E-state index contributed by atoms with van der Waals surface area (Å²) in [7, 11) is 1.65. The Morgan fingerprint density at radius 1 is 1.19 bits per heavy atom. The summed E-state index contributed by atoms with van der Waals surface area (Å²) in [4.78, 5) is 25.2. The number of ether oxygens (including phenoxy) is 2. The van der Waals surface area contributed by atoms with E-state index in [2.05, 4.69) is 22.9 Å². The minimum absolute atomic E-state index is 0.0669. The van der Waals surface area contributed by atoms with Crippen LogP contribution in [0.1, 0.15) is 65.4 Å². The molecule has 0 radical (unpaired) electrons. The molecule has 1 aromatic carbocycles. The lowest BCUT2D eigenvalue weighted by molar-refractivity contribution is -0.180. The fourth-order valence-electron chi connectivity index (χ4n) is 4.66. The van der Waals surface area contributed by atoms with Gasteiger partial charge < -0.3 is 20.1 Å². The summed E-state index contributed by atoms with van der Waals surface area (Å²) in [5, 5.41) is 9.67. The van der Waals surface area contributed by atoms with Gasteiger partial charge in [-0.2, -0.15) is 0 Å². The molecule has 3 N–H and O–H groups in total. The van der Waals surface area contributed by atoms with E-state index < -0.39 is 11.7 Å². The monoisotopic (exact) mass is 431 g/mol. The smallest absolute Gasteiger partial charge is 0.408 e. The Labute approximate surface area is 185 Å². The summed E-state index contributed by atoms with van der Waals surface area (Å²) >= 11 is 0. The van der Waals surface area contributed by atoms with Crippen LogP contribution < -0.4 is 20.7 Å². The Hall–Kier alpha value is -2.28. The highest BCUT2D eigenvalue weighted by molar-refractivity contribution is 5.88. The maximum Gasteiger partial charge on any atom is 0.408 e. The number of benzene rings is 1. The van der Waals surface area contributed by atoms with Crippen LogP contribution in [-0.4, -0.2) is 43.0 Å². The Morgan fingerprint density at radius 3 is 2.52 bits per heavy atom. The number of amides is 2. The van der Waals surface area contributed by atoms with Gasteiger partial charge in [0.05, 0.1) is 18.7 Å². The zero-order chi connectivity index (χ0) is 22.7. The molecule has 0 heterocycles. The first-order chi connectivity index (χ1) is 14.6. The number of alkyl carbamates (subject to hydrolysis) is 1. The van der Waals surface area contributed by atoms with Crippen LogP contribution in [0.15, 0.2) is 24.3 Å². The second-order valence-electron chi connectivity index (χ2n) is 10.1. The quantitative estimate of drug-likeness (QED) is 0.390. The zero-order valence-electron chi connectivity index (χ0n) is 19.5. The number of carbonyl (C=O) groups is 2. The summed E-state index contributed by atoms with van der Waals surface area (Å²) in [6.07, 6.45) is 4.30. The molecule has 3 fully saturated rings. The molecule has 31 heavy (non-hydrogen) atoms. The molecule has 0 spiro atoms. The predicted octanol–water partition coefficient (Wildman–Crippen LogP) is 3.52. The summed E-state index contributed by atoms with van der Waals surface area (Å²) in [5.74, 6) is 0.878. The molecule has 0 saturated heterocycles. The van der Waals surface area contributed by atoms with Gasteiger partial charge in [-0.25, -0.2) is 4.79 Å². The minimum Gasteiger partial charge on any atom is -0.497 e. The highest BCUT2D eigenvalue weighted by Gasteiger charge is 2.72. The molecule has 3 aliphatic carbocycles. The van der Waals surface area contributed by atoms with Crippen LogP contribution in [-0.2, 0) is 16.0 Å². The largest absolute Gasteiger partial charge is 0.497 e. The molecule has 0 unspecified atom stereocenters. The third-order valence-electron chi connectivity index (χ3n) is 6.08. The number of methoxy groups -OCH3 is 1. The number of unbranched alkanes of at least 4 members (excludes halogenated alkanes) is 1. The lowest BCUT2D eigenvalue weighted by Gasteiger charge is -2.68. The average molecular weight is 432 g/mol. The SMILES string of the molecule is CCCCN[C@@H](Cc1cccc(OC)c1)NC(=O)C12CC(NC(=O)OC(C)(C)C)(C1)C2. The van der Waals surface area contributed by atoms with Gasteiger partial charge in [-0.1, -0.05) is 25.5 Å². The molecule has 3 saturated carbocycles. The van der Waals surface area contributed by atoms with Gasteiger partial charge in [0.2, 0.25) is 5.91 Å². The van der Waals surface area contributed by atoms with E-state index in [1.54, 1.807) is 7.11 Å². The molecule has 0 aromatic heterocycles. The summed E-state index contributed by atoms with van der Waals surface area (Å²) in [6.45, 7) is 8.53. The minimum atomic E-state index is -0.528. The number of nitrogens with one attached hydrogen (secondary N) is 3. The normalized spacial score (nSPS) is 24.9. The number of rotatable bonds is 10. The highest BCUT2D eigenvalue weighted by atomic mass is 16.6. The van der Waals surface area contributed by atoms with Gasteiger partial charge in [0, 0.05) is 12.0 Å². The number of hydrogen-bond acceptors (Lipinski definition) is 5. The van der Waals surface area contributed by atoms with E-state index in [1.165, 1.54) is 0 Å². The first-order valence-corrected chi connectivity index (χ1v) is 11.3. The molecule has 7 heteroatoms. The molecule has 4 rings (SSSR count). The van der Waals surface area contributed by atoms with Crippen LogP contribution >= 0.6 is 0 Å². The topological polar surface area (TPSA) is 88.7 Å². The van der Waals surface area contributed by atoms with Gasteiger partial charge in [0.15, 0.2) is 0 Å². The van der Waals surface area contributed by atoms with Crippen molar-refractivity contribution in [3.63, 3.8) is 0 Å². The van der Waals surface area contributed by atoms with Crippen molar-refractivity contribution in [2.24, 2.45) is 5.41 Å². The van der Waals surface area contributed by atoms with Gasteiger partial charge in [-0.3, -0.25) is 10.1 Å². The van der Waals surface area contributed by atoms with E-state index in [-0.39, 0.29) is 23.0 Å². The molecule has 7 nitrogen and oxygen atoms in total. The number of hydrogen-bond donors (Lipinski definition) is 3. The standard InChI is InChI=1S/C24H37N3O4/c1-6-7-11-25-19(13-17-9-8-10-18(12-17)30-5)26-20(28)23-14-24(15-23,16-23)27-21(29)31-22(2,3)4/h8-10,12,19,25H,6-7,11,13-16H2,1-5H3,(H,26,28)(H,27,29)/t19-,23?,24?/m1/s1. The van der Waals surface area contributed by atoms with Crippen LogP contribution in [0.4, 0.5) is 4.79 Å². The first-order valence-electron chi connectivity index (χ1n) is 11.3. The van der Waals surface area contributed by atoms with Gasteiger partial charge >= 0.3 is 6.09 Å². The van der Waals surface area contributed by atoms with Crippen molar-refractivity contribution in [3.05, 3.63) is 29.8 Å². The van der Waals surface area contributed by atoms with Crippen LogP contribution in [0.25, 0.3) is 0 Å². The van der Waals surface area contributed by atoms with Gasteiger partial charge in [0.1, 0.15) is 11.4 Å². The third-order valence-corrected chi connectivity index (χ3v) is 6.08. The lowest BCUT2D eigenvalue weighted by atomic mass is 9.39. The van der Waals surface area contributed by atoms with E-state index in [4.69, 9.17) is 9.47 Å².